The number of carbonyl (C=O) groups is 4. The molecule has 0 aromatic carbocycles. The molecule has 4 saturated carbocycles. The Morgan fingerprint density at radius 2 is 0.826 bits per heavy atom. The quantitative estimate of drug-likeness (QED) is 0.165. The summed E-state index contributed by atoms with van der Waals surface area (Å²) in [5.74, 6) is -3.12. The first-order valence-corrected chi connectivity index (χ1v) is 17.7. The van der Waals surface area contributed by atoms with Crippen molar-refractivity contribution in [1.29, 1.82) is 0 Å². The molecule has 0 aromatic rings. The van der Waals surface area contributed by atoms with Gasteiger partial charge in [0.1, 0.15) is 24.4 Å². The lowest BCUT2D eigenvalue weighted by atomic mass is 9.97. The third-order valence-electron chi connectivity index (χ3n) is 9.85. The minimum absolute atomic E-state index is 0.286. The Morgan fingerprint density at radius 3 is 1.17 bits per heavy atom. The summed E-state index contributed by atoms with van der Waals surface area (Å²) >= 11 is 0. The van der Waals surface area contributed by atoms with E-state index in [0.29, 0.717) is 12.8 Å². The van der Waals surface area contributed by atoms with E-state index < -0.39 is 55.6 Å². The fraction of sp³-hybridized carbons (Fsp3) is 0.879. The molecule has 1 aliphatic heterocycles. The Hall–Kier alpha value is -2.22. The first-order chi connectivity index (χ1) is 22.4. The predicted octanol–water partition coefficient (Wildman–Crippen LogP) is 4.66. The fourth-order valence-corrected chi connectivity index (χ4v) is 7.21. The van der Waals surface area contributed by atoms with Gasteiger partial charge in [-0.25, -0.2) is 19.2 Å². The van der Waals surface area contributed by atoms with Gasteiger partial charge < -0.3 is 37.6 Å². The summed E-state index contributed by atoms with van der Waals surface area (Å²) < 4.78 is 46.2. The maximum Gasteiger partial charge on any atom is 0.641 e. The lowest BCUT2D eigenvalue weighted by Gasteiger charge is -2.29. The van der Waals surface area contributed by atoms with Crippen LogP contribution in [-0.4, -0.2) is 87.1 Å². The van der Waals surface area contributed by atoms with E-state index >= 15 is 0 Å². The van der Waals surface area contributed by atoms with Gasteiger partial charge in [-0.2, -0.15) is 0 Å². The summed E-state index contributed by atoms with van der Waals surface area (Å²) in [6.45, 7) is 0. The predicted molar refractivity (Wildman–Crippen MR) is 163 cm³/mol. The van der Waals surface area contributed by atoms with Crippen LogP contribution in [0.2, 0.25) is 0 Å². The highest BCUT2D eigenvalue weighted by atomic mass is 16.8. The van der Waals surface area contributed by atoms with Crippen LogP contribution in [0, 0.1) is 0 Å². The Labute approximate surface area is 272 Å². The van der Waals surface area contributed by atoms with Crippen LogP contribution in [0.3, 0.4) is 0 Å². The van der Waals surface area contributed by atoms with E-state index in [1.807, 2.05) is 0 Å². The Morgan fingerprint density at radius 1 is 0.500 bits per heavy atom. The first-order valence-electron chi connectivity index (χ1n) is 17.7. The zero-order valence-corrected chi connectivity index (χ0v) is 27.2. The van der Waals surface area contributed by atoms with Crippen LogP contribution in [0.4, 0.5) is 0 Å². The van der Waals surface area contributed by atoms with Crippen molar-refractivity contribution in [2.45, 2.75) is 177 Å². The maximum absolute atomic E-state index is 13.6. The number of ether oxygens (including phenoxy) is 5. The molecule has 46 heavy (non-hydrogen) atoms. The van der Waals surface area contributed by atoms with E-state index in [2.05, 4.69) is 0 Å². The average molecular weight is 651 g/mol. The molecular weight excluding hydrogens is 599 g/mol. The van der Waals surface area contributed by atoms with E-state index in [1.165, 1.54) is 7.11 Å². The minimum Gasteiger partial charge on any atom is -0.460 e. The molecule has 5 rings (SSSR count). The molecule has 1 heterocycles. The molecule has 1 saturated heterocycles. The van der Waals surface area contributed by atoms with Crippen molar-refractivity contribution in [2.24, 2.45) is 0 Å². The molecule has 0 bridgehead atoms. The normalized spacial score (nSPS) is 27.0. The van der Waals surface area contributed by atoms with E-state index in [0.717, 1.165) is 116 Å². The van der Waals surface area contributed by atoms with Crippen LogP contribution in [-0.2, 0) is 56.8 Å². The molecule has 5 fully saturated rings. The zero-order valence-electron chi connectivity index (χ0n) is 27.2. The van der Waals surface area contributed by atoms with Gasteiger partial charge in [-0.1, -0.05) is 25.7 Å². The average Bonchev–Trinajstić information content (AvgIpc) is 3.51. The lowest BCUT2D eigenvalue weighted by molar-refractivity contribution is -0.182. The standard InChI is InChI=1S/C33H51BO12/c1-39-26(30(35)40-22-14-6-2-7-15-22)27(31(36)41-23-16-8-3-9-17-23)44-34-45-28(32(37)42-24-18-10-4-11-19-24)29(46-34)33(38)43-25-20-12-5-13-21-25/h22-29H,2-21H2,1H3. The van der Waals surface area contributed by atoms with Crippen molar-refractivity contribution < 1.29 is 56.8 Å². The molecule has 0 amide bonds. The first kappa shape index (κ1) is 35.1. The van der Waals surface area contributed by atoms with Crippen LogP contribution in [0.15, 0.2) is 0 Å². The Kier molecular flexibility index (Phi) is 13.6. The molecular formula is C33H51BO12. The van der Waals surface area contributed by atoms with Gasteiger partial charge in [-0.15, -0.1) is 0 Å². The fourth-order valence-electron chi connectivity index (χ4n) is 7.21. The summed E-state index contributed by atoms with van der Waals surface area (Å²) in [5, 5.41) is 0. The van der Waals surface area contributed by atoms with Crippen molar-refractivity contribution in [3.8, 4) is 0 Å². The molecule has 4 aliphatic carbocycles. The van der Waals surface area contributed by atoms with E-state index in [9.17, 15) is 19.2 Å². The van der Waals surface area contributed by atoms with E-state index in [-0.39, 0.29) is 24.4 Å². The molecule has 4 atom stereocenters. The SMILES string of the molecule is COC(C(=O)OC1CCCCC1)C(OB1OC(C(=O)OC2CCCCC2)C(C(=O)OC2CCCCC2)O1)C(=O)OC1CCCCC1. The molecule has 0 radical (unpaired) electrons. The van der Waals surface area contributed by atoms with Gasteiger partial charge in [-0.3, -0.25) is 0 Å². The monoisotopic (exact) mass is 650 g/mol. The summed E-state index contributed by atoms with van der Waals surface area (Å²) in [7, 11) is -0.404. The summed E-state index contributed by atoms with van der Waals surface area (Å²) in [4.78, 5) is 53.8. The minimum atomic E-state index is -1.68. The number of carbonyl (C=O) groups excluding carboxylic acids is 4. The van der Waals surface area contributed by atoms with Crippen LogP contribution < -0.4 is 0 Å². The third kappa shape index (κ3) is 9.90. The van der Waals surface area contributed by atoms with Crippen molar-refractivity contribution in [3.05, 3.63) is 0 Å². The number of hydrogen-bond donors (Lipinski definition) is 0. The highest BCUT2D eigenvalue weighted by molar-refractivity contribution is 6.39. The van der Waals surface area contributed by atoms with Gasteiger partial charge in [0, 0.05) is 7.11 Å². The Bertz CT molecular complexity index is 961. The van der Waals surface area contributed by atoms with Crippen LogP contribution in [0.1, 0.15) is 128 Å². The number of methoxy groups -OCH3 is 1. The number of rotatable bonds is 12. The summed E-state index contributed by atoms with van der Waals surface area (Å²) in [6.07, 6.45) is 10.3. The lowest BCUT2D eigenvalue weighted by Crippen LogP contribution is -2.49. The van der Waals surface area contributed by atoms with Gasteiger partial charge in [0.15, 0.2) is 24.4 Å². The van der Waals surface area contributed by atoms with Gasteiger partial charge in [0.05, 0.1) is 0 Å². The van der Waals surface area contributed by atoms with Crippen molar-refractivity contribution in [2.75, 3.05) is 7.11 Å². The molecule has 0 aromatic heterocycles. The van der Waals surface area contributed by atoms with Crippen molar-refractivity contribution in [3.63, 3.8) is 0 Å². The van der Waals surface area contributed by atoms with Crippen LogP contribution in [0.25, 0.3) is 0 Å². The van der Waals surface area contributed by atoms with E-state index in [4.69, 9.17) is 37.6 Å². The summed E-state index contributed by atoms with van der Waals surface area (Å²) in [6, 6.07) is 0. The molecule has 12 nitrogen and oxygen atoms in total. The molecule has 13 heteroatoms. The second kappa shape index (κ2) is 17.8. The maximum atomic E-state index is 13.6. The van der Waals surface area contributed by atoms with Crippen LogP contribution in [0.5, 0.6) is 0 Å². The second-order valence-electron chi connectivity index (χ2n) is 13.4. The number of hydrogen-bond acceptors (Lipinski definition) is 12. The third-order valence-corrected chi connectivity index (χ3v) is 9.85. The van der Waals surface area contributed by atoms with Crippen molar-refractivity contribution in [1.82, 2.24) is 0 Å². The van der Waals surface area contributed by atoms with Crippen LogP contribution >= 0.6 is 0 Å². The molecule has 258 valence electrons. The highest BCUT2D eigenvalue weighted by Crippen LogP contribution is 2.29. The van der Waals surface area contributed by atoms with Gasteiger partial charge in [-0.05, 0) is 103 Å². The second-order valence-corrected chi connectivity index (χ2v) is 13.4. The van der Waals surface area contributed by atoms with Gasteiger partial charge in [0.25, 0.3) is 0 Å². The molecule has 4 unspecified atom stereocenters. The topological polar surface area (TPSA) is 142 Å². The molecule has 0 spiro atoms. The molecule has 5 aliphatic rings. The highest BCUT2D eigenvalue weighted by Gasteiger charge is 2.54. The Balaban J connectivity index is 1.31. The number of esters is 4. The smallest absolute Gasteiger partial charge is 0.460 e. The van der Waals surface area contributed by atoms with E-state index in [1.54, 1.807) is 0 Å². The summed E-state index contributed by atoms with van der Waals surface area (Å²) in [5.41, 5.74) is 0. The van der Waals surface area contributed by atoms with Crippen molar-refractivity contribution >= 4 is 31.2 Å². The zero-order chi connectivity index (χ0) is 32.3. The largest absolute Gasteiger partial charge is 0.641 e. The van der Waals surface area contributed by atoms with Gasteiger partial charge in [0.2, 0.25) is 0 Å². The molecule has 0 N–H and O–H groups in total. The van der Waals surface area contributed by atoms with Gasteiger partial charge >= 0.3 is 31.2 Å².